The SMILES string of the molecule is O=C(CN1CC[C@@H](O)C1)NC1CCCCCC1. The first kappa shape index (κ1) is 12.8. The predicted molar refractivity (Wildman–Crippen MR) is 66.7 cm³/mol. The van der Waals surface area contributed by atoms with Crippen LogP contribution in [0.3, 0.4) is 0 Å². The van der Waals surface area contributed by atoms with E-state index in [-0.39, 0.29) is 12.0 Å². The molecule has 17 heavy (non-hydrogen) atoms. The van der Waals surface area contributed by atoms with Gasteiger partial charge in [-0.3, -0.25) is 9.69 Å². The van der Waals surface area contributed by atoms with Gasteiger partial charge >= 0.3 is 0 Å². The van der Waals surface area contributed by atoms with Crippen molar-refractivity contribution in [3.8, 4) is 0 Å². The van der Waals surface area contributed by atoms with Crippen LogP contribution in [0.15, 0.2) is 0 Å². The van der Waals surface area contributed by atoms with Crippen LogP contribution in [0.4, 0.5) is 0 Å². The Morgan fingerprint density at radius 2 is 1.88 bits per heavy atom. The van der Waals surface area contributed by atoms with Gasteiger partial charge in [-0.2, -0.15) is 0 Å². The standard InChI is InChI=1S/C13H24N2O2/c16-12-7-8-15(9-12)10-13(17)14-11-5-3-1-2-4-6-11/h11-12,16H,1-10H2,(H,14,17)/t12-/m1/s1. The molecular weight excluding hydrogens is 216 g/mol. The Labute approximate surface area is 103 Å². The zero-order valence-corrected chi connectivity index (χ0v) is 10.5. The number of nitrogens with zero attached hydrogens (tertiary/aromatic N) is 1. The van der Waals surface area contributed by atoms with E-state index >= 15 is 0 Å². The molecule has 4 nitrogen and oxygen atoms in total. The Balaban J connectivity index is 1.69. The number of hydrogen-bond donors (Lipinski definition) is 2. The molecule has 2 N–H and O–H groups in total. The summed E-state index contributed by atoms with van der Waals surface area (Å²) in [6.07, 6.45) is 7.94. The average molecular weight is 240 g/mol. The van der Waals surface area contributed by atoms with Crippen molar-refractivity contribution in [3.63, 3.8) is 0 Å². The summed E-state index contributed by atoms with van der Waals surface area (Å²) >= 11 is 0. The number of nitrogens with one attached hydrogen (secondary N) is 1. The fourth-order valence-corrected chi connectivity index (χ4v) is 2.86. The summed E-state index contributed by atoms with van der Waals surface area (Å²) in [4.78, 5) is 13.9. The quantitative estimate of drug-likeness (QED) is 0.720. The van der Waals surface area contributed by atoms with E-state index in [9.17, 15) is 9.90 Å². The van der Waals surface area contributed by atoms with E-state index in [1.807, 2.05) is 4.90 Å². The topological polar surface area (TPSA) is 52.6 Å². The highest BCUT2D eigenvalue weighted by Crippen LogP contribution is 2.17. The maximum atomic E-state index is 11.9. The molecule has 0 aromatic carbocycles. The van der Waals surface area contributed by atoms with E-state index in [1.54, 1.807) is 0 Å². The van der Waals surface area contributed by atoms with Gasteiger partial charge in [0.1, 0.15) is 0 Å². The maximum absolute atomic E-state index is 11.9. The van der Waals surface area contributed by atoms with Gasteiger partial charge < -0.3 is 10.4 Å². The summed E-state index contributed by atoms with van der Waals surface area (Å²) < 4.78 is 0. The fourth-order valence-electron chi connectivity index (χ4n) is 2.86. The highest BCUT2D eigenvalue weighted by Gasteiger charge is 2.23. The van der Waals surface area contributed by atoms with Crippen molar-refractivity contribution in [2.45, 2.75) is 57.1 Å². The van der Waals surface area contributed by atoms with Crippen molar-refractivity contribution in [1.82, 2.24) is 10.2 Å². The monoisotopic (exact) mass is 240 g/mol. The van der Waals surface area contributed by atoms with Crippen LogP contribution in [0.25, 0.3) is 0 Å². The predicted octanol–water partition coefficient (Wildman–Crippen LogP) is 0.892. The molecule has 98 valence electrons. The molecule has 2 rings (SSSR count). The first-order chi connectivity index (χ1) is 8.24. The minimum absolute atomic E-state index is 0.131. The molecule has 4 heteroatoms. The van der Waals surface area contributed by atoms with Crippen LogP contribution in [0.5, 0.6) is 0 Å². The van der Waals surface area contributed by atoms with Gasteiger partial charge in [-0.15, -0.1) is 0 Å². The Morgan fingerprint density at radius 1 is 1.18 bits per heavy atom. The Morgan fingerprint density at radius 3 is 2.47 bits per heavy atom. The molecule has 0 aromatic rings. The number of carbonyl (C=O) groups is 1. The second-order valence-electron chi connectivity index (χ2n) is 5.43. The van der Waals surface area contributed by atoms with Gasteiger partial charge in [0.25, 0.3) is 0 Å². The van der Waals surface area contributed by atoms with Gasteiger partial charge in [-0.25, -0.2) is 0 Å². The molecule has 1 amide bonds. The number of aliphatic hydroxyl groups is 1. The summed E-state index contributed by atoms with van der Waals surface area (Å²) in [5, 5.41) is 12.5. The van der Waals surface area contributed by atoms with Crippen molar-refractivity contribution in [3.05, 3.63) is 0 Å². The van der Waals surface area contributed by atoms with Crippen molar-refractivity contribution in [2.24, 2.45) is 0 Å². The molecule has 2 fully saturated rings. The first-order valence-corrected chi connectivity index (χ1v) is 6.94. The summed E-state index contributed by atoms with van der Waals surface area (Å²) in [6, 6.07) is 0.387. The molecule has 1 aliphatic carbocycles. The number of carbonyl (C=O) groups excluding carboxylic acids is 1. The molecule has 2 aliphatic rings. The lowest BCUT2D eigenvalue weighted by Gasteiger charge is -2.19. The molecule has 0 spiro atoms. The molecular formula is C13H24N2O2. The third-order valence-electron chi connectivity index (χ3n) is 3.83. The van der Waals surface area contributed by atoms with Crippen molar-refractivity contribution >= 4 is 5.91 Å². The van der Waals surface area contributed by atoms with E-state index in [2.05, 4.69) is 5.32 Å². The largest absolute Gasteiger partial charge is 0.392 e. The number of hydrogen-bond acceptors (Lipinski definition) is 3. The minimum Gasteiger partial charge on any atom is -0.392 e. The smallest absolute Gasteiger partial charge is 0.234 e. The van der Waals surface area contributed by atoms with Crippen LogP contribution in [-0.4, -0.2) is 47.7 Å². The van der Waals surface area contributed by atoms with E-state index < -0.39 is 0 Å². The lowest BCUT2D eigenvalue weighted by molar-refractivity contribution is -0.122. The first-order valence-electron chi connectivity index (χ1n) is 6.94. The second kappa shape index (κ2) is 6.36. The molecule has 1 atom stereocenters. The van der Waals surface area contributed by atoms with E-state index in [4.69, 9.17) is 0 Å². The Bertz CT molecular complexity index is 250. The maximum Gasteiger partial charge on any atom is 0.234 e. The Kier molecular flexibility index (Phi) is 4.80. The van der Waals surface area contributed by atoms with Crippen LogP contribution in [0, 0.1) is 0 Å². The van der Waals surface area contributed by atoms with Gasteiger partial charge in [0.15, 0.2) is 0 Å². The zero-order valence-electron chi connectivity index (χ0n) is 10.5. The van der Waals surface area contributed by atoms with Gasteiger partial charge in [-0.1, -0.05) is 25.7 Å². The molecule has 0 aromatic heterocycles. The lowest BCUT2D eigenvalue weighted by Crippen LogP contribution is -2.41. The van der Waals surface area contributed by atoms with Crippen LogP contribution in [0.1, 0.15) is 44.9 Å². The number of β-amino-alcohol motifs (C(OH)–C–C–N with tert-alkyl or cyclic N) is 1. The molecule has 1 aliphatic heterocycles. The van der Waals surface area contributed by atoms with Crippen molar-refractivity contribution in [1.29, 1.82) is 0 Å². The second-order valence-corrected chi connectivity index (χ2v) is 5.43. The number of aliphatic hydroxyl groups excluding tert-OH is 1. The summed E-state index contributed by atoms with van der Waals surface area (Å²) in [6.45, 7) is 1.95. The van der Waals surface area contributed by atoms with Crippen molar-refractivity contribution in [2.75, 3.05) is 19.6 Å². The summed E-state index contributed by atoms with van der Waals surface area (Å²) in [5.41, 5.74) is 0. The third kappa shape index (κ3) is 4.28. The summed E-state index contributed by atoms with van der Waals surface area (Å²) in [5.74, 6) is 0.131. The van der Waals surface area contributed by atoms with Crippen molar-refractivity contribution < 1.29 is 9.90 Å². The van der Waals surface area contributed by atoms with Crippen LogP contribution >= 0.6 is 0 Å². The molecule has 1 saturated carbocycles. The van der Waals surface area contributed by atoms with Gasteiger partial charge in [0, 0.05) is 19.1 Å². The van der Waals surface area contributed by atoms with Gasteiger partial charge in [-0.05, 0) is 19.3 Å². The number of likely N-dealkylation sites (tertiary alicyclic amines) is 1. The van der Waals surface area contributed by atoms with Gasteiger partial charge in [0.05, 0.1) is 12.6 Å². The van der Waals surface area contributed by atoms with E-state index in [0.29, 0.717) is 19.1 Å². The lowest BCUT2D eigenvalue weighted by atomic mass is 10.1. The van der Waals surface area contributed by atoms with Crippen LogP contribution < -0.4 is 5.32 Å². The minimum atomic E-state index is -0.235. The molecule has 0 unspecified atom stereocenters. The molecule has 0 bridgehead atoms. The van der Waals surface area contributed by atoms with E-state index in [1.165, 1.54) is 25.7 Å². The highest BCUT2D eigenvalue weighted by atomic mass is 16.3. The molecule has 0 radical (unpaired) electrons. The average Bonchev–Trinajstić information content (AvgIpc) is 2.53. The molecule has 1 heterocycles. The third-order valence-corrected chi connectivity index (χ3v) is 3.83. The normalized spacial score (nSPS) is 27.9. The van der Waals surface area contributed by atoms with E-state index in [0.717, 1.165) is 25.8 Å². The Hall–Kier alpha value is -0.610. The number of rotatable bonds is 3. The van der Waals surface area contributed by atoms with Gasteiger partial charge in [0.2, 0.25) is 5.91 Å². The highest BCUT2D eigenvalue weighted by molar-refractivity contribution is 5.78. The number of amides is 1. The van der Waals surface area contributed by atoms with Crippen LogP contribution in [-0.2, 0) is 4.79 Å². The summed E-state index contributed by atoms with van der Waals surface area (Å²) in [7, 11) is 0. The molecule has 1 saturated heterocycles. The fraction of sp³-hybridized carbons (Fsp3) is 0.923. The van der Waals surface area contributed by atoms with Crippen LogP contribution in [0.2, 0.25) is 0 Å². The zero-order chi connectivity index (χ0) is 12.1.